The van der Waals surface area contributed by atoms with Crippen LogP contribution in [0.15, 0.2) is 12.2 Å². The van der Waals surface area contributed by atoms with Crippen LogP contribution < -0.4 is 0 Å². The maximum Gasteiger partial charge on any atom is 0.376 e. The molecule has 0 radical (unpaired) electrons. The molecule has 2 nitrogen and oxygen atoms in total. The van der Waals surface area contributed by atoms with E-state index < -0.39 is 11.9 Å². The summed E-state index contributed by atoms with van der Waals surface area (Å²) in [6.45, 7) is 2.86. The summed E-state index contributed by atoms with van der Waals surface area (Å²) < 4.78 is 29.5. The average Bonchev–Trinajstić information content (AvgIpc) is 2.42. The van der Waals surface area contributed by atoms with Crippen LogP contribution in [0.3, 0.4) is 0 Å². The van der Waals surface area contributed by atoms with Gasteiger partial charge >= 0.3 is 11.9 Å². The number of carbonyl (C=O) groups excluding carboxylic acids is 1. The monoisotopic (exact) mass is 304 g/mol. The third kappa shape index (κ3) is 13.8. The number of allylic oxidation sites excluding steroid dienone is 2. The number of alkyl halides is 2. The van der Waals surface area contributed by atoms with E-state index in [1.807, 2.05) is 0 Å². The summed E-state index contributed by atoms with van der Waals surface area (Å²) in [5, 5.41) is 0. The van der Waals surface area contributed by atoms with Gasteiger partial charge in [-0.3, -0.25) is 0 Å². The normalized spacial score (nSPS) is 12.0. The zero-order valence-electron chi connectivity index (χ0n) is 13.5. The molecule has 0 aromatic heterocycles. The Labute approximate surface area is 127 Å². The van der Waals surface area contributed by atoms with Crippen molar-refractivity contribution in [1.82, 2.24) is 0 Å². The number of unbranched alkanes of at least 4 members (excludes halogenated alkanes) is 8. The smallest absolute Gasteiger partial charge is 0.376 e. The molecule has 0 aromatic carbocycles. The van der Waals surface area contributed by atoms with Crippen LogP contribution in [0.5, 0.6) is 0 Å². The fraction of sp³-hybridized carbons (Fsp3) is 0.824. The largest absolute Gasteiger partial charge is 0.461 e. The minimum atomic E-state index is -3.37. The number of rotatable bonds is 13. The van der Waals surface area contributed by atoms with Crippen LogP contribution in [-0.2, 0) is 9.53 Å². The lowest BCUT2D eigenvalue weighted by atomic mass is 10.1. The minimum absolute atomic E-state index is 0.0996. The van der Waals surface area contributed by atoms with Gasteiger partial charge in [-0.05, 0) is 25.7 Å². The Bertz CT molecular complexity index is 283. The van der Waals surface area contributed by atoms with Crippen LogP contribution in [0.4, 0.5) is 8.78 Å². The molecular formula is C17H30F2O2. The van der Waals surface area contributed by atoms with Crippen molar-refractivity contribution in [2.24, 2.45) is 0 Å². The van der Waals surface area contributed by atoms with Gasteiger partial charge in [0, 0.05) is 6.92 Å². The quantitative estimate of drug-likeness (QED) is 0.249. The van der Waals surface area contributed by atoms with Crippen molar-refractivity contribution in [2.75, 3.05) is 6.61 Å². The maximum atomic E-state index is 12.5. The third-order valence-corrected chi connectivity index (χ3v) is 3.25. The summed E-state index contributed by atoms with van der Waals surface area (Å²) in [4.78, 5) is 10.8. The number of carbonyl (C=O) groups is 1. The number of ether oxygens (including phenoxy) is 1. The fourth-order valence-corrected chi connectivity index (χ4v) is 1.92. The van der Waals surface area contributed by atoms with Crippen molar-refractivity contribution in [1.29, 1.82) is 0 Å². The molecule has 21 heavy (non-hydrogen) atoms. The van der Waals surface area contributed by atoms with E-state index in [4.69, 9.17) is 0 Å². The number of halogens is 2. The molecule has 124 valence electrons. The topological polar surface area (TPSA) is 26.3 Å². The summed E-state index contributed by atoms with van der Waals surface area (Å²) in [5.41, 5.74) is 0. The van der Waals surface area contributed by atoms with Crippen LogP contribution in [-0.4, -0.2) is 18.5 Å². The lowest BCUT2D eigenvalue weighted by Gasteiger charge is -2.09. The molecule has 0 N–H and O–H groups in total. The molecule has 0 spiro atoms. The summed E-state index contributed by atoms with van der Waals surface area (Å²) in [6.07, 6.45) is 15.6. The molecule has 0 unspecified atom stereocenters. The molecule has 0 rings (SSSR count). The van der Waals surface area contributed by atoms with Gasteiger partial charge in [0.15, 0.2) is 0 Å². The lowest BCUT2D eigenvalue weighted by molar-refractivity contribution is -0.169. The molecule has 0 bridgehead atoms. The van der Waals surface area contributed by atoms with Gasteiger partial charge < -0.3 is 4.74 Å². The van der Waals surface area contributed by atoms with Gasteiger partial charge in [-0.25, -0.2) is 4.79 Å². The van der Waals surface area contributed by atoms with Crippen LogP contribution in [0, 0.1) is 0 Å². The van der Waals surface area contributed by atoms with E-state index in [9.17, 15) is 13.6 Å². The fourth-order valence-electron chi connectivity index (χ4n) is 1.92. The Kier molecular flexibility index (Phi) is 12.2. The molecular weight excluding hydrogens is 274 g/mol. The van der Waals surface area contributed by atoms with E-state index in [0.717, 1.165) is 25.7 Å². The van der Waals surface area contributed by atoms with Gasteiger partial charge in [0.2, 0.25) is 0 Å². The third-order valence-electron chi connectivity index (χ3n) is 3.25. The molecule has 0 aliphatic heterocycles. The highest BCUT2D eigenvalue weighted by atomic mass is 19.3. The SMILES string of the molecule is CCCC/C=C\CCCCCCCCOC(=O)C(C)(F)F. The minimum Gasteiger partial charge on any atom is -0.461 e. The molecule has 0 saturated carbocycles. The Morgan fingerprint density at radius 2 is 1.48 bits per heavy atom. The van der Waals surface area contributed by atoms with E-state index in [0.29, 0.717) is 13.3 Å². The molecule has 0 amide bonds. The zero-order valence-corrected chi connectivity index (χ0v) is 13.5. The van der Waals surface area contributed by atoms with Crippen molar-refractivity contribution < 1.29 is 18.3 Å². The van der Waals surface area contributed by atoms with E-state index >= 15 is 0 Å². The molecule has 0 aromatic rings. The highest BCUT2D eigenvalue weighted by molar-refractivity contribution is 5.76. The van der Waals surface area contributed by atoms with Gasteiger partial charge in [-0.15, -0.1) is 0 Å². The highest BCUT2D eigenvalue weighted by Gasteiger charge is 2.33. The Hall–Kier alpha value is -0.930. The second-order valence-electron chi connectivity index (χ2n) is 5.55. The Morgan fingerprint density at radius 3 is 2.05 bits per heavy atom. The van der Waals surface area contributed by atoms with Crippen molar-refractivity contribution in [3.8, 4) is 0 Å². The molecule has 0 aliphatic rings. The number of esters is 1. The molecule has 0 fully saturated rings. The van der Waals surface area contributed by atoms with Crippen molar-refractivity contribution in [3.05, 3.63) is 12.2 Å². The second kappa shape index (κ2) is 12.8. The predicted octanol–water partition coefficient (Wildman–Crippen LogP) is 5.66. The Balaban J connectivity index is 3.23. The summed E-state index contributed by atoms with van der Waals surface area (Å²) >= 11 is 0. The van der Waals surface area contributed by atoms with Crippen molar-refractivity contribution >= 4 is 5.97 Å². The average molecular weight is 304 g/mol. The summed E-state index contributed by atoms with van der Waals surface area (Å²) in [5.74, 6) is -4.79. The first kappa shape index (κ1) is 20.1. The highest BCUT2D eigenvalue weighted by Crippen LogP contribution is 2.14. The molecule has 0 saturated heterocycles. The van der Waals surface area contributed by atoms with E-state index in [-0.39, 0.29) is 6.61 Å². The summed E-state index contributed by atoms with van der Waals surface area (Å²) in [6, 6.07) is 0. The first-order chi connectivity index (χ1) is 9.98. The van der Waals surface area contributed by atoms with Gasteiger partial charge in [-0.2, -0.15) is 8.78 Å². The van der Waals surface area contributed by atoms with Crippen molar-refractivity contribution in [3.63, 3.8) is 0 Å². The van der Waals surface area contributed by atoms with Crippen LogP contribution >= 0.6 is 0 Å². The van der Waals surface area contributed by atoms with Crippen LogP contribution in [0.1, 0.15) is 78.1 Å². The van der Waals surface area contributed by atoms with Gasteiger partial charge in [0.05, 0.1) is 6.61 Å². The van der Waals surface area contributed by atoms with Gasteiger partial charge in [0.25, 0.3) is 0 Å². The zero-order chi connectivity index (χ0) is 16.0. The molecule has 0 atom stereocenters. The lowest BCUT2D eigenvalue weighted by Crippen LogP contribution is -2.27. The van der Waals surface area contributed by atoms with Gasteiger partial charge in [-0.1, -0.05) is 57.6 Å². The molecule has 4 heteroatoms. The van der Waals surface area contributed by atoms with E-state index in [1.54, 1.807) is 0 Å². The second-order valence-corrected chi connectivity index (χ2v) is 5.55. The number of hydrogen-bond acceptors (Lipinski definition) is 2. The van der Waals surface area contributed by atoms with Gasteiger partial charge in [0.1, 0.15) is 0 Å². The molecule has 0 aliphatic carbocycles. The standard InChI is InChI=1S/C17H30F2O2/c1-3-4-5-6-7-8-9-10-11-12-13-14-15-21-16(20)17(2,18)19/h6-7H,3-5,8-15H2,1-2H3/b7-6-. The van der Waals surface area contributed by atoms with Crippen LogP contribution in [0.2, 0.25) is 0 Å². The maximum absolute atomic E-state index is 12.5. The molecule has 0 heterocycles. The summed E-state index contributed by atoms with van der Waals surface area (Å²) in [7, 11) is 0. The van der Waals surface area contributed by atoms with E-state index in [1.165, 1.54) is 32.1 Å². The predicted molar refractivity (Wildman–Crippen MR) is 82.6 cm³/mol. The van der Waals surface area contributed by atoms with Crippen molar-refractivity contribution in [2.45, 2.75) is 84.0 Å². The first-order valence-corrected chi connectivity index (χ1v) is 8.18. The Morgan fingerprint density at radius 1 is 0.952 bits per heavy atom. The first-order valence-electron chi connectivity index (χ1n) is 8.18. The number of hydrogen-bond donors (Lipinski definition) is 0. The van der Waals surface area contributed by atoms with E-state index in [2.05, 4.69) is 23.8 Å². The van der Waals surface area contributed by atoms with Crippen LogP contribution in [0.25, 0.3) is 0 Å².